The molecule has 0 bridgehead atoms. The Morgan fingerprint density at radius 1 is 1.21 bits per heavy atom. The summed E-state index contributed by atoms with van der Waals surface area (Å²) >= 11 is 0. The number of aliphatic hydroxyl groups excluding tert-OH is 2. The Morgan fingerprint density at radius 3 is 2.45 bits per heavy atom. The molecule has 3 aliphatic rings. The zero-order chi connectivity index (χ0) is 28.3. The van der Waals surface area contributed by atoms with Crippen LogP contribution in [0.25, 0.3) is 0 Å². The number of likely N-dealkylation sites (N-methyl/N-ethyl adjacent to an activating group) is 1. The summed E-state index contributed by atoms with van der Waals surface area (Å²) in [4.78, 5) is 40.5. The van der Waals surface area contributed by atoms with Gasteiger partial charge in [-0.25, -0.2) is 13.1 Å². The predicted octanol–water partition coefficient (Wildman–Crippen LogP) is -0.398. The van der Waals surface area contributed by atoms with E-state index in [0.29, 0.717) is 24.0 Å². The molecular formula is C25H31N3O9S. The second-order valence-electron chi connectivity index (χ2n) is 10.3. The van der Waals surface area contributed by atoms with E-state index in [9.17, 15) is 43.2 Å². The van der Waals surface area contributed by atoms with Gasteiger partial charge in [0.15, 0.2) is 11.4 Å². The van der Waals surface area contributed by atoms with Gasteiger partial charge in [-0.3, -0.25) is 19.3 Å². The lowest BCUT2D eigenvalue weighted by molar-refractivity contribution is -0.148. The molecule has 0 spiro atoms. The summed E-state index contributed by atoms with van der Waals surface area (Å²) in [5.74, 6) is -6.99. The molecule has 0 saturated heterocycles. The van der Waals surface area contributed by atoms with Crippen LogP contribution >= 0.6 is 0 Å². The number of amides is 1. The molecule has 3 aliphatic carbocycles. The minimum Gasteiger partial charge on any atom is -0.510 e. The normalized spacial score (nSPS) is 27.3. The van der Waals surface area contributed by atoms with E-state index in [4.69, 9.17) is 5.73 Å². The van der Waals surface area contributed by atoms with Gasteiger partial charge in [0.1, 0.15) is 22.8 Å². The highest BCUT2D eigenvalue weighted by molar-refractivity contribution is 7.88. The number of nitrogens with one attached hydrogen (secondary N) is 1. The molecule has 206 valence electrons. The Balaban J connectivity index is 1.80. The molecule has 0 fully saturated rings. The summed E-state index contributed by atoms with van der Waals surface area (Å²) in [5.41, 5.74) is 2.73. The number of aliphatic hydroxyl groups is 3. The average Bonchev–Trinajstić information content (AvgIpc) is 2.79. The quantitative estimate of drug-likeness (QED) is 0.192. The second-order valence-corrected chi connectivity index (χ2v) is 12.2. The van der Waals surface area contributed by atoms with Crippen molar-refractivity contribution in [2.75, 3.05) is 26.9 Å². The first-order chi connectivity index (χ1) is 17.6. The highest BCUT2D eigenvalue weighted by Gasteiger charge is 2.63. The fourth-order valence-corrected chi connectivity index (χ4v) is 6.60. The van der Waals surface area contributed by atoms with Crippen LogP contribution in [0.1, 0.15) is 34.3 Å². The number of sulfonamides is 1. The highest BCUT2D eigenvalue weighted by atomic mass is 32.2. The van der Waals surface area contributed by atoms with E-state index < -0.39 is 68.1 Å². The molecule has 1 aromatic rings. The molecule has 0 unspecified atom stereocenters. The zero-order valence-electron chi connectivity index (χ0n) is 21.2. The smallest absolute Gasteiger partial charge is 0.255 e. The Labute approximate surface area is 219 Å². The molecule has 12 nitrogen and oxygen atoms in total. The molecule has 38 heavy (non-hydrogen) atoms. The summed E-state index contributed by atoms with van der Waals surface area (Å²) < 4.78 is 25.1. The van der Waals surface area contributed by atoms with Crippen molar-refractivity contribution in [3.63, 3.8) is 0 Å². The van der Waals surface area contributed by atoms with Crippen molar-refractivity contribution in [1.82, 2.24) is 9.62 Å². The van der Waals surface area contributed by atoms with E-state index >= 15 is 0 Å². The van der Waals surface area contributed by atoms with Crippen LogP contribution in [0.3, 0.4) is 0 Å². The zero-order valence-corrected chi connectivity index (χ0v) is 22.0. The van der Waals surface area contributed by atoms with Gasteiger partial charge in [0.25, 0.3) is 5.91 Å². The number of rotatable bonds is 7. The summed E-state index contributed by atoms with van der Waals surface area (Å²) in [7, 11) is -0.240. The molecule has 1 amide bonds. The number of carbonyl (C=O) groups excluding carboxylic acids is 3. The predicted molar refractivity (Wildman–Crippen MR) is 135 cm³/mol. The number of primary amides is 1. The Bertz CT molecular complexity index is 1410. The SMILES string of the molecule is CN(C)[C@@H]1C(O)=C(C(N)=O)C(=O)[C@@]2(O)C(O)=C3C(=O)c4c(O)ccc(CCCNS(C)(=O)=O)c4C[C@H]3C[C@@H]12. The number of phenolic OH excluding ortho intramolecular Hbond substituents is 1. The van der Waals surface area contributed by atoms with E-state index in [0.717, 1.165) is 6.26 Å². The van der Waals surface area contributed by atoms with Crippen molar-refractivity contribution in [2.45, 2.75) is 37.3 Å². The van der Waals surface area contributed by atoms with Gasteiger partial charge in [0, 0.05) is 18.0 Å². The molecular weight excluding hydrogens is 518 g/mol. The third-order valence-corrected chi connectivity index (χ3v) is 8.42. The maximum Gasteiger partial charge on any atom is 0.255 e. The Kier molecular flexibility index (Phi) is 6.93. The van der Waals surface area contributed by atoms with Gasteiger partial charge in [-0.2, -0.15) is 0 Å². The van der Waals surface area contributed by atoms with Crippen LogP contribution in [0.15, 0.2) is 34.8 Å². The van der Waals surface area contributed by atoms with E-state index in [-0.39, 0.29) is 36.3 Å². The van der Waals surface area contributed by atoms with Crippen molar-refractivity contribution in [3.8, 4) is 5.75 Å². The number of allylic oxidation sites excluding steroid dienone is 1. The third kappa shape index (κ3) is 4.28. The molecule has 4 atom stereocenters. The molecule has 0 aromatic heterocycles. The van der Waals surface area contributed by atoms with Crippen molar-refractivity contribution in [3.05, 3.63) is 51.5 Å². The Hall–Kier alpha value is -3.26. The molecule has 13 heteroatoms. The molecule has 0 saturated carbocycles. The number of carbonyl (C=O) groups is 3. The standard InChI is InChI=1S/C25H31N3O9S/c1-28(2)19-14-10-12-9-13-11(5-4-8-27-38(3,36)37)6-7-15(29)17(13)20(30)16(12)22(32)25(14,35)23(33)18(21(19)31)24(26)34/h6-7,12,14,19,27,29,31-32,35H,4-5,8-10H2,1-3H3,(H2,26,34)/t12-,14-,19-,25-/m0/s1. The van der Waals surface area contributed by atoms with Gasteiger partial charge < -0.3 is 26.2 Å². The van der Waals surface area contributed by atoms with Crippen LogP contribution in [-0.4, -0.2) is 89.8 Å². The van der Waals surface area contributed by atoms with E-state index in [1.54, 1.807) is 20.2 Å². The average molecular weight is 550 g/mol. The second kappa shape index (κ2) is 9.49. The van der Waals surface area contributed by atoms with Crippen LogP contribution in [-0.2, 0) is 32.5 Å². The van der Waals surface area contributed by atoms with Crippen LogP contribution < -0.4 is 10.5 Å². The third-order valence-electron chi connectivity index (χ3n) is 7.69. The molecule has 7 N–H and O–H groups in total. The molecule has 4 rings (SSSR count). The van der Waals surface area contributed by atoms with Crippen LogP contribution in [0.2, 0.25) is 0 Å². The van der Waals surface area contributed by atoms with Crippen LogP contribution in [0.4, 0.5) is 0 Å². The fourth-order valence-electron chi connectivity index (χ4n) is 6.09. The lowest BCUT2D eigenvalue weighted by Crippen LogP contribution is -2.63. The summed E-state index contributed by atoms with van der Waals surface area (Å²) in [6.07, 6.45) is 2.04. The maximum absolute atomic E-state index is 13.7. The monoisotopic (exact) mass is 549 g/mol. The summed E-state index contributed by atoms with van der Waals surface area (Å²) in [6.45, 7) is 0.174. The number of benzene rings is 1. The van der Waals surface area contributed by atoms with Crippen molar-refractivity contribution < 1.29 is 43.2 Å². The summed E-state index contributed by atoms with van der Waals surface area (Å²) in [6, 6.07) is 1.91. The van der Waals surface area contributed by atoms with E-state index in [1.165, 1.54) is 11.0 Å². The first kappa shape index (κ1) is 27.8. The summed E-state index contributed by atoms with van der Waals surface area (Å²) in [5, 5.41) is 44.3. The highest BCUT2D eigenvalue weighted by Crippen LogP contribution is 2.52. The lowest BCUT2D eigenvalue weighted by atomic mass is 9.58. The molecule has 1 aromatic carbocycles. The van der Waals surface area contributed by atoms with Gasteiger partial charge in [-0.05, 0) is 62.9 Å². The number of hydrogen-bond donors (Lipinski definition) is 6. The number of aromatic hydroxyl groups is 1. The fraction of sp³-hybridized carbons (Fsp3) is 0.480. The molecule has 0 heterocycles. The number of hydrogen-bond acceptors (Lipinski definition) is 10. The minimum absolute atomic E-state index is 0.00348. The molecule has 0 aliphatic heterocycles. The maximum atomic E-state index is 13.7. The minimum atomic E-state index is -3.37. The largest absolute Gasteiger partial charge is 0.510 e. The number of nitrogens with two attached hydrogens (primary N) is 1. The number of fused-ring (bicyclic) bond motifs is 3. The van der Waals surface area contributed by atoms with Gasteiger partial charge >= 0.3 is 0 Å². The van der Waals surface area contributed by atoms with Crippen molar-refractivity contribution in [1.29, 1.82) is 0 Å². The van der Waals surface area contributed by atoms with Gasteiger partial charge in [0.05, 0.1) is 17.9 Å². The van der Waals surface area contributed by atoms with Gasteiger partial charge in [-0.1, -0.05) is 6.07 Å². The topological polar surface area (TPSA) is 208 Å². The van der Waals surface area contributed by atoms with Crippen LogP contribution in [0.5, 0.6) is 5.75 Å². The number of nitrogens with zero attached hydrogens (tertiary/aromatic N) is 1. The van der Waals surface area contributed by atoms with Crippen LogP contribution in [0, 0.1) is 11.8 Å². The van der Waals surface area contributed by atoms with Gasteiger partial charge in [0.2, 0.25) is 15.8 Å². The molecule has 0 radical (unpaired) electrons. The number of aryl methyl sites for hydroxylation is 1. The first-order valence-electron chi connectivity index (χ1n) is 12.0. The van der Waals surface area contributed by atoms with Gasteiger partial charge in [-0.15, -0.1) is 0 Å². The van der Waals surface area contributed by atoms with E-state index in [1.807, 2.05) is 0 Å². The van der Waals surface area contributed by atoms with E-state index in [2.05, 4.69) is 4.72 Å². The number of phenols is 1. The number of ketones is 2. The Morgan fingerprint density at radius 2 is 1.87 bits per heavy atom. The number of Topliss-reactive ketones (excluding diaryl/α,β-unsaturated/α-hetero) is 2. The lowest BCUT2D eigenvalue weighted by Gasteiger charge is -2.50. The van der Waals surface area contributed by atoms with Crippen molar-refractivity contribution in [2.24, 2.45) is 17.6 Å². The van der Waals surface area contributed by atoms with Crippen molar-refractivity contribution >= 4 is 27.5 Å². The first-order valence-corrected chi connectivity index (χ1v) is 13.9.